The monoisotopic (exact) mass is 262 g/mol. The van der Waals surface area contributed by atoms with Crippen molar-refractivity contribution in [2.24, 2.45) is 17.8 Å². The van der Waals surface area contributed by atoms with Crippen LogP contribution in [0.3, 0.4) is 0 Å². The van der Waals surface area contributed by atoms with Crippen LogP contribution in [0.2, 0.25) is 0 Å². The van der Waals surface area contributed by atoms with Gasteiger partial charge in [0.25, 0.3) is 0 Å². The zero-order valence-electron chi connectivity index (χ0n) is 12.7. The molecular formula is C17H30N2. The first-order valence-electron chi connectivity index (χ1n) is 8.72. The van der Waals surface area contributed by atoms with Gasteiger partial charge in [0.15, 0.2) is 0 Å². The van der Waals surface area contributed by atoms with Crippen molar-refractivity contribution in [2.45, 2.75) is 76.4 Å². The highest BCUT2D eigenvalue weighted by Crippen LogP contribution is 2.50. The minimum absolute atomic E-state index is 0.424. The molecule has 0 aromatic heterocycles. The van der Waals surface area contributed by atoms with E-state index in [2.05, 4.69) is 24.1 Å². The molecule has 0 bridgehead atoms. The lowest BCUT2D eigenvalue weighted by Crippen LogP contribution is -2.66. The first-order valence-corrected chi connectivity index (χ1v) is 8.72. The van der Waals surface area contributed by atoms with Gasteiger partial charge in [-0.05, 0) is 69.6 Å². The predicted molar refractivity (Wildman–Crippen MR) is 79.2 cm³/mol. The molecule has 0 spiro atoms. The molecule has 0 aromatic rings. The Morgan fingerprint density at radius 2 is 1.74 bits per heavy atom. The van der Waals surface area contributed by atoms with Gasteiger partial charge in [-0.1, -0.05) is 6.92 Å². The van der Waals surface area contributed by atoms with Crippen molar-refractivity contribution in [2.75, 3.05) is 13.1 Å². The summed E-state index contributed by atoms with van der Waals surface area (Å²) in [7, 11) is 0. The summed E-state index contributed by atoms with van der Waals surface area (Å²) in [5.41, 5.74) is 0.424. The summed E-state index contributed by atoms with van der Waals surface area (Å²) in [6.45, 7) is 7.45. The summed E-state index contributed by atoms with van der Waals surface area (Å²) in [6.07, 6.45) is 10.3. The fourth-order valence-electron chi connectivity index (χ4n) is 4.56. The molecule has 2 nitrogen and oxygen atoms in total. The van der Waals surface area contributed by atoms with E-state index < -0.39 is 0 Å². The highest BCUT2D eigenvalue weighted by Gasteiger charge is 2.52. The topological polar surface area (TPSA) is 15.3 Å². The molecule has 4 aliphatic rings. The van der Waals surface area contributed by atoms with E-state index in [-0.39, 0.29) is 0 Å². The molecule has 2 unspecified atom stereocenters. The minimum atomic E-state index is 0.424. The van der Waals surface area contributed by atoms with Crippen LogP contribution < -0.4 is 5.32 Å². The van der Waals surface area contributed by atoms with Crippen LogP contribution in [0, 0.1) is 17.8 Å². The highest BCUT2D eigenvalue weighted by atomic mass is 15.3. The van der Waals surface area contributed by atoms with Gasteiger partial charge in [-0.3, -0.25) is 4.90 Å². The first-order chi connectivity index (χ1) is 9.21. The Bertz CT molecular complexity index is 331. The summed E-state index contributed by atoms with van der Waals surface area (Å²) in [6, 6.07) is 1.75. The number of piperazine rings is 1. The second kappa shape index (κ2) is 4.46. The van der Waals surface area contributed by atoms with Gasteiger partial charge < -0.3 is 5.32 Å². The number of rotatable bonds is 5. The standard InChI is InChI=1S/C17H30N2/c1-3-15-10-18-17(2,14-8-9-14)11-19(15)16(12-4-5-12)13-6-7-13/h12-16,18H,3-11H2,1-2H3. The van der Waals surface area contributed by atoms with Crippen LogP contribution in [-0.2, 0) is 0 Å². The van der Waals surface area contributed by atoms with Gasteiger partial charge in [-0.2, -0.15) is 0 Å². The van der Waals surface area contributed by atoms with Crippen LogP contribution in [0.5, 0.6) is 0 Å². The molecule has 0 amide bonds. The third-order valence-electron chi connectivity index (χ3n) is 6.26. The number of hydrogen-bond donors (Lipinski definition) is 1. The van der Waals surface area contributed by atoms with Crippen molar-refractivity contribution in [3.63, 3.8) is 0 Å². The normalized spacial score (nSPS) is 40.9. The molecule has 19 heavy (non-hydrogen) atoms. The molecule has 1 N–H and O–H groups in total. The Labute approximate surface area is 118 Å². The Balaban J connectivity index is 1.54. The summed E-state index contributed by atoms with van der Waals surface area (Å²) in [5.74, 6) is 3.08. The van der Waals surface area contributed by atoms with Gasteiger partial charge in [0.05, 0.1) is 0 Å². The summed E-state index contributed by atoms with van der Waals surface area (Å²) >= 11 is 0. The lowest BCUT2D eigenvalue weighted by atomic mass is 9.87. The molecule has 108 valence electrons. The Morgan fingerprint density at radius 1 is 1.11 bits per heavy atom. The highest BCUT2D eigenvalue weighted by molar-refractivity contribution is 5.08. The van der Waals surface area contributed by atoms with Crippen molar-refractivity contribution >= 4 is 0 Å². The summed E-state index contributed by atoms with van der Waals surface area (Å²) in [4.78, 5) is 2.98. The van der Waals surface area contributed by atoms with E-state index >= 15 is 0 Å². The van der Waals surface area contributed by atoms with Gasteiger partial charge in [-0.25, -0.2) is 0 Å². The van der Waals surface area contributed by atoms with Gasteiger partial charge in [-0.15, -0.1) is 0 Å². The molecular weight excluding hydrogens is 232 g/mol. The average molecular weight is 262 g/mol. The molecule has 2 atom stereocenters. The Morgan fingerprint density at radius 3 is 2.21 bits per heavy atom. The molecule has 2 heteroatoms. The van der Waals surface area contributed by atoms with E-state index in [1.54, 1.807) is 0 Å². The maximum Gasteiger partial charge on any atom is 0.0309 e. The smallest absolute Gasteiger partial charge is 0.0309 e. The fourth-order valence-corrected chi connectivity index (χ4v) is 4.56. The molecule has 0 aromatic carbocycles. The molecule has 3 saturated carbocycles. The quantitative estimate of drug-likeness (QED) is 0.819. The van der Waals surface area contributed by atoms with Crippen LogP contribution in [0.1, 0.15) is 58.8 Å². The Kier molecular flexibility index (Phi) is 2.97. The van der Waals surface area contributed by atoms with E-state index in [4.69, 9.17) is 0 Å². The third-order valence-corrected chi connectivity index (χ3v) is 6.26. The van der Waals surface area contributed by atoms with Crippen LogP contribution >= 0.6 is 0 Å². The molecule has 4 fully saturated rings. The van der Waals surface area contributed by atoms with E-state index in [9.17, 15) is 0 Å². The van der Waals surface area contributed by atoms with E-state index in [0.29, 0.717) is 5.54 Å². The van der Waals surface area contributed by atoms with E-state index in [1.807, 2.05) is 0 Å². The van der Waals surface area contributed by atoms with Crippen molar-refractivity contribution in [1.29, 1.82) is 0 Å². The lowest BCUT2D eigenvalue weighted by molar-refractivity contribution is 0.0200. The number of hydrogen-bond acceptors (Lipinski definition) is 2. The van der Waals surface area contributed by atoms with E-state index in [0.717, 1.165) is 29.8 Å². The minimum Gasteiger partial charge on any atom is -0.308 e. The summed E-state index contributed by atoms with van der Waals surface area (Å²) < 4.78 is 0. The Hall–Kier alpha value is -0.0800. The fraction of sp³-hybridized carbons (Fsp3) is 1.00. The second-order valence-corrected chi connectivity index (χ2v) is 7.97. The molecule has 3 aliphatic carbocycles. The SMILES string of the molecule is CCC1CNC(C)(C2CC2)CN1C(C1CC1)C1CC1. The van der Waals surface area contributed by atoms with Crippen LogP contribution in [0.4, 0.5) is 0 Å². The van der Waals surface area contributed by atoms with E-state index in [1.165, 1.54) is 58.0 Å². The van der Waals surface area contributed by atoms with Gasteiger partial charge in [0.2, 0.25) is 0 Å². The van der Waals surface area contributed by atoms with Gasteiger partial charge in [0.1, 0.15) is 0 Å². The van der Waals surface area contributed by atoms with Gasteiger partial charge in [0, 0.05) is 30.7 Å². The zero-order valence-corrected chi connectivity index (χ0v) is 12.7. The molecule has 4 rings (SSSR count). The molecule has 1 aliphatic heterocycles. The maximum atomic E-state index is 3.92. The van der Waals surface area contributed by atoms with Crippen molar-refractivity contribution in [1.82, 2.24) is 10.2 Å². The average Bonchev–Trinajstić information content (AvgIpc) is 3.28. The lowest BCUT2D eigenvalue weighted by Gasteiger charge is -2.50. The van der Waals surface area contributed by atoms with Crippen molar-refractivity contribution in [3.05, 3.63) is 0 Å². The van der Waals surface area contributed by atoms with Crippen molar-refractivity contribution < 1.29 is 0 Å². The molecule has 1 heterocycles. The van der Waals surface area contributed by atoms with Gasteiger partial charge >= 0.3 is 0 Å². The van der Waals surface area contributed by atoms with Crippen molar-refractivity contribution in [3.8, 4) is 0 Å². The maximum absolute atomic E-state index is 3.92. The largest absolute Gasteiger partial charge is 0.308 e. The number of nitrogens with one attached hydrogen (secondary N) is 1. The van der Waals surface area contributed by atoms with Crippen LogP contribution in [0.25, 0.3) is 0 Å². The molecule has 0 radical (unpaired) electrons. The first kappa shape index (κ1) is 12.6. The molecule has 1 saturated heterocycles. The zero-order chi connectivity index (χ0) is 13.0. The summed E-state index contributed by atoms with van der Waals surface area (Å²) in [5, 5.41) is 3.92. The third kappa shape index (κ3) is 2.35. The number of nitrogens with zero attached hydrogens (tertiary/aromatic N) is 1. The predicted octanol–water partition coefficient (Wildman–Crippen LogP) is 3.03. The van der Waals surface area contributed by atoms with Crippen LogP contribution in [-0.4, -0.2) is 35.6 Å². The second-order valence-electron chi connectivity index (χ2n) is 7.97. The van der Waals surface area contributed by atoms with Crippen LogP contribution in [0.15, 0.2) is 0 Å².